The molecule has 0 radical (unpaired) electrons. The van der Waals surface area contributed by atoms with E-state index in [9.17, 15) is 0 Å². The lowest BCUT2D eigenvalue weighted by atomic mass is 9.75. The van der Waals surface area contributed by atoms with Crippen LogP contribution >= 0.6 is 0 Å². The summed E-state index contributed by atoms with van der Waals surface area (Å²) in [5, 5.41) is 6.32. The summed E-state index contributed by atoms with van der Waals surface area (Å²) in [6, 6.07) is 4.48. The summed E-state index contributed by atoms with van der Waals surface area (Å²) in [6.07, 6.45) is 5.84. The standard InChI is InChI=1S/C22H31BN2O3/c1-14-12-16(23-27-21(2,3)22(4,5)28-23)19-17(13-14)25(18-8-6-7-11-26-18)24-20(19)15-9-10-15/h12-13,15,18H,6-11H2,1-5H3. The molecule has 2 aliphatic heterocycles. The van der Waals surface area contributed by atoms with E-state index < -0.39 is 0 Å². The number of hydrogen-bond acceptors (Lipinski definition) is 4. The molecular weight excluding hydrogens is 351 g/mol. The van der Waals surface area contributed by atoms with Crippen molar-refractivity contribution in [2.45, 2.75) is 90.1 Å². The van der Waals surface area contributed by atoms with Crippen molar-refractivity contribution in [2.75, 3.05) is 6.61 Å². The summed E-state index contributed by atoms with van der Waals surface area (Å²) in [5.74, 6) is 0.552. The van der Waals surface area contributed by atoms with E-state index in [1.807, 2.05) is 0 Å². The fourth-order valence-corrected chi connectivity index (χ4v) is 4.41. The van der Waals surface area contributed by atoms with Crippen molar-refractivity contribution in [2.24, 2.45) is 0 Å². The number of nitrogens with zero attached hydrogens (tertiary/aromatic N) is 2. The molecule has 6 heteroatoms. The first-order valence-corrected chi connectivity index (χ1v) is 10.8. The minimum Gasteiger partial charge on any atom is -0.399 e. The van der Waals surface area contributed by atoms with Crippen molar-refractivity contribution in [3.05, 3.63) is 23.4 Å². The first-order chi connectivity index (χ1) is 13.3. The molecule has 5 rings (SSSR count). The number of benzene rings is 1. The largest absolute Gasteiger partial charge is 0.495 e. The number of ether oxygens (including phenoxy) is 1. The van der Waals surface area contributed by atoms with E-state index in [0.29, 0.717) is 5.92 Å². The molecule has 1 atom stereocenters. The number of aromatic nitrogens is 2. The van der Waals surface area contributed by atoms with Gasteiger partial charge in [0.05, 0.1) is 22.4 Å². The molecule has 3 fully saturated rings. The van der Waals surface area contributed by atoms with Crippen LogP contribution in [0.1, 0.15) is 83.2 Å². The lowest BCUT2D eigenvalue weighted by Crippen LogP contribution is -2.41. The molecule has 5 nitrogen and oxygen atoms in total. The van der Waals surface area contributed by atoms with Gasteiger partial charge >= 0.3 is 7.12 Å². The molecule has 2 saturated heterocycles. The zero-order chi connectivity index (χ0) is 19.7. The molecule has 2 aromatic rings. The highest BCUT2D eigenvalue weighted by Gasteiger charge is 2.52. The summed E-state index contributed by atoms with van der Waals surface area (Å²) in [5.41, 5.74) is 3.99. The van der Waals surface area contributed by atoms with Gasteiger partial charge in [0.25, 0.3) is 0 Å². The van der Waals surface area contributed by atoms with Gasteiger partial charge in [-0.05, 0) is 83.8 Å². The minimum absolute atomic E-state index is 0.0386. The number of fused-ring (bicyclic) bond motifs is 1. The molecule has 3 aliphatic rings. The Labute approximate surface area is 167 Å². The Morgan fingerprint density at radius 2 is 1.75 bits per heavy atom. The highest BCUT2D eigenvalue weighted by Crippen LogP contribution is 2.44. The third-order valence-electron chi connectivity index (χ3n) is 6.91. The first-order valence-electron chi connectivity index (χ1n) is 10.8. The molecule has 3 heterocycles. The maximum atomic E-state index is 6.43. The Kier molecular flexibility index (Phi) is 4.21. The van der Waals surface area contributed by atoms with Crippen molar-refractivity contribution in [1.82, 2.24) is 9.78 Å². The van der Waals surface area contributed by atoms with Gasteiger partial charge in [0.2, 0.25) is 0 Å². The first kappa shape index (κ1) is 18.7. The van der Waals surface area contributed by atoms with Crippen LogP contribution in [0.15, 0.2) is 12.1 Å². The maximum absolute atomic E-state index is 6.43. The van der Waals surface area contributed by atoms with E-state index in [1.165, 1.54) is 41.4 Å². The third kappa shape index (κ3) is 2.92. The topological polar surface area (TPSA) is 45.5 Å². The molecule has 1 unspecified atom stereocenters. The quantitative estimate of drug-likeness (QED) is 0.746. The van der Waals surface area contributed by atoms with Crippen LogP contribution < -0.4 is 5.46 Å². The Morgan fingerprint density at radius 1 is 1.04 bits per heavy atom. The molecule has 1 aliphatic carbocycles. The number of aryl methyl sites for hydroxylation is 1. The SMILES string of the molecule is Cc1cc(B2OC(C)(C)C(C)(C)O2)c2c(C3CC3)nn(C3CCCCO3)c2c1. The summed E-state index contributed by atoms with van der Waals surface area (Å²) in [6.45, 7) is 11.4. The lowest BCUT2D eigenvalue weighted by Gasteiger charge is -2.32. The Bertz CT molecular complexity index is 894. The minimum atomic E-state index is -0.366. The lowest BCUT2D eigenvalue weighted by molar-refractivity contribution is -0.0368. The summed E-state index contributed by atoms with van der Waals surface area (Å²) in [4.78, 5) is 0. The molecule has 28 heavy (non-hydrogen) atoms. The van der Waals surface area contributed by atoms with Crippen LogP contribution in [-0.4, -0.2) is 34.7 Å². The van der Waals surface area contributed by atoms with E-state index in [-0.39, 0.29) is 24.5 Å². The zero-order valence-corrected chi connectivity index (χ0v) is 17.7. The Morgan fingerprint density at radius 3 is 2.36 bits per heavy atom. The number of rotatable bonds is 3. The Balaban J connectivity index is 1.67. The van der Waals surface area contributed by atoms with Crippen LogP contribution in [0.25, 0.3) is 10.9 Å². The van der Waals surface area contributed by atoms with Crippen LogP contribution in [0.3, 0.4) is 0 Å². The van der Waals surface area contributed by atoms with Gasteiger partial charge in [-0.15, -0.1) is 0 Å². The van der Waals surface area contributed by atoms with Crippen LogP contribution in [0.5, 0.6) is 0 Å². The molecule has 1 aromatic carbocycles. The maximum Gasteiger partial charge on any atom is 0.495 e. The molecule has 1 saturated carbocycles. The van der Waals surface area contributed by atoms with Crippen LogP contribution in [0.4, 0.5) is 0 Å². The van der Waals surface area contributed by atoms with Crippen molar-refractivity contribution in [3.8, 4) is 0 Å². The fraction of sp³-hybridized carbons (Fsp3) is 0.682. The van der Waals surface area contributed by atoms with Crippen LogP contribution in [0, 0.1) is 6.92 Å². The molecule has 1 aromatic heterocycles. The third-order valence-corrected chi connectivity index (χ3v) is 6.91. The summed E-state index contributed by atoms with van der Waals surface area (Å²) >= 11 is 0. The van der Waals surface area contributed by atoms with E-state index in [0.717, 1.165) is 24.9 Å². The van der Waals surface area contributed by atoms with Gasteiger partial charge in [-0.3, -0.25) is 0 Å². The van der Waals surface area contributed by atoms with Crippen molar-refractivity contribution in [3.63, 3.8) is 0 Å². The Hall–Kier alpha value is -1.37. The van der Waals surface area contributed by atoms with Gasteiger partial charge < -0.3 is 14.0 Å². The van der Waals surface area contributed by atoms with Crippen LogP contribution in [-0.2, 0) is 14.0 Å². The smallest absolute Gasteiger partial charge is 0.399 e. The molecule has 150 valence electrons. The van der Waals surface area contributed by atoms with Gasteiger partial charge in [-0.25, -0.2) is 4.68 Å². The normalized spacial score (nSPS) is 26.9. The van der Waals surface area contributed by atoms with Crippen molar-refractivity contribution in [1.29, 1.82) is 0 Å². The monoisotopic (exact) mass is 382 g/mol. The molecule has 0 amide bonds. The van der Waals surface area contributed by atoms with Gasteiger partial charge in [0, 0.05) is 17.9 Å². The zero-order valence-electron chi connectivity index (χ0n) is 17.7. The fourth-order valence-electron chi connectivity index (χ4n) is 4.41. The highest BCUT2D eigenvalue weighted by atomic mass is 16.7. The van der Waals surface area contributed by atoms with E-state index in [1.54, 1.807) is 0 Å². The predicted octanol–water partition coefficient (Wildman–Crippen LogP) is 4.22. The summed E-state index contributed by atoms with van der Waals surface area (Å²) in [7, 11) is -0.366. The predicted molar refractivity (Wildman–Crippen MR) is 111 cm³/mol. The molecular formula is C22H31BN2O3. The average Bonchev–Trinajstić information content (AvgIpc) is 3.37. The second-order valence-electron chi connectivity index (χ2n) is 9.76. The highest BCUT2D eigenvalue weighted by molar-refractivity contribution is 6.65. The number of hydrogen-bond donors (Lipinski definition) is 0. The molecule has 0 bridgehead atoms. The van der Waals surface area contributed by atoms with Crippen molar-refractivity contribution < 1.29 is 14.0 Å². The molecule has 0 N–H and O–H groups in total. The van der Waals surface area contributed by atoms with Gasteiger partial charge in [0.1, 0.15) is 0 Å². The average molecular weight is 382 g/mol. The summed E-state index contributed by atoms with van der Waals surface area (Å²) < 4.78 is 21.1. The van der Waals surface area contributed by atoms with E-state index in [4.69, 9.17) is 19.1 Å². The van der Waals surface area contributed by atoms with Gasteiger partial charge in [-0.2, -0.15) is 5.10 Å². The van der Waals surface area contributed by atoms with Crippen molar-refractivity contribution >= 4 is 23.5 Å². The second kappa shape index (κ2) is 6.31. The van der Waals surface area contributed by atoms with Crippen LogP contribution in [0.2, 0.25) is 0 Å². The van der Waals surface area contributed by atoms with Gasteiger partial charge in [-0.1, -0.05) is 6.07 Å². The van der Waals surface area contributed by atoms with E-state index >= 15 is 0 Å². The molecule has 0 spiro atoms. The van der Waals surface area contributed by atoms with Gasteiger partial charge in [0.15, 0.2) is 6.23 Å². The second-order valence-corrected chi connectivity index (χ2v) is 9.76. The van der Waals surface area contributed by atoms with E-state index in [2.05, 4.69) is 51.4 Å².